The Morgan fingerprint density at radius 2 is 1.11 bits per heavy atom. The van der Waals surface area contributed by atoms with Crippen molar-refractivity contribution in [2.24, 2.45) is 63.6 Å². The molecular weight excluding hydrogens is 529 g/mol. The monoisotopic (exact) mass is 586 g/mol. The Hall–Kier alpha value is 1.36. The molecule has 0 aromatic carbocycles. The highest BCUT2D eigenvalue weighted by atomic mass is 32.1. The SMILES string of the molecule is CC1CCC(C2CCC(C3CCC(C4CCC(O)CC4CS)CC3(C)CS)CC2(C)CS)CC1(C)CS. The van der Waals surface area contributed by atoms with Crippen molar-refractivity contribution in [3.63, 3.8) is 0 Å². The van der Waals surface area contributed by atoms with Crippen molar-refractivity contribution in [2.75, 3.05) is 23.0 Å². The van der Waals surface area contributed by atoms with Crippen LogP contribution in [0.25, 0.3) is 0 Å². The van der Waals surface area contributed by atoms with Gasteiger partial charge in [0.15, 0.2) is 0 Å². The summed E-state index contributed by atoms with van der Waals surface area (Å²) in [6, 6.07) is 0. The second-order valence-electron chi connectivity index (χ2n) is 15.2. The van der Waals surface area contributed by atoms with E-state index < -0.39 is 0 Å². The van der Waals surface area contributed by atoms with Crippen LogP contribution in [0.3, 0.4) is 0 Å². The first kappa shape index (κ1) is 31.3. The zero-order chi connectivity index (χ0) is 27.0. The third-order valence-corrected chi connectivity index (χ3v) is 15.5. The van der Waals surface area contributed by atoms with Crippen molar-refractivity contribution >= 4 is 50.5 Å². The van der Waals surface area contributed by atoms with Crippen LogP contribution in [0.15, 0.2) is 0 Å². The van der Waals surface area contributed by atoms with Gasteiger partial charge in [-0.15, -0.1) is 0 Å². The van der Waals surface area contributed by atoms with Crippen LogP contribution in [0.5, 0.6) is 0 Å². The Morgan fingerprint density at radius 1 is 0.622 bits per heavy atom. The normalized spacial score (nSPS) is 51.6. The first-order valence-corrected chi connectivity index (χ1v) is 18.2. The molecule has 4 aliphatic rings. The van der Waals surface area contributed by atoms with Gasteiger partial charge in [0.05, 0.1) is 6.10 Å². The Bertz CT molecular complexity index is 748. The Balaban J connectivity index is 1.46. The predicted molar refractivity (Wildman–Crippen MR) is 175 cm³/mol. The van der Waals surface area contributed by atoms with Gasteiger partial charge >= 0.3 is 0 Å². The number of hydrogen-bond acceptors (Lipinski definition) is 5. The average Bonchev–Trinajstić information content (AvgIpc) is 2.90. The predicted octanol–water partition coefficient (Wildman–Crippen LogP) is 8.77. The molecule has 0 amide bonds. The maximum Gasteiger partial charge on any atom is 0.0543 e. The third-order valence-electron chi connectivity index (χ3n) is 12.9. The molecule has 4 aliphatic carbocycles. The molecule has 216 valence electrons. The van der Waals surface area contributed by atoms with E-state index in [9.17, 15) is 5.11 Å². The van der Waals surface area contributed by atoms with Gasteiger partial charge in [0.2, 0.25) is 0 Å². The lowest BCUT2D eigenvalue weighted by Gasteiger charge is -2.56. The maximum atomic E-state index is 10.3. The second kappa shape index (κ2) is 12.7. The van der Waals surface area contributed by atoms with Gasteiger partial charge in [0, 0.05) is 0 Å². The molecule has 5 heteroatoms. The minimum absolute atomic E-state index is 0.104. The highest BCUT2D eigenvalue weighted by molar-refractivity contribution is 7.80. The first-order chi connectivity index (χ1) is 17.5. The zero-order valence-electron chi connectivity index (χ0n) is 24.2. The van der Waals surface area contributed by atoms with Gasteiger partial charge in [0.1, 0.15) is 0 Å². The van der Waals surface area contributed by atoms with E-state index >= 15 is 0 Å². The molecule has 12 atom stereocenters. The number of hydrogen-bond donors (Lipinski definition) is 5. The number of aliphatic hydroxyl groups excluding tert-OH is 1. The van der Waals surface area contributed by atoms with Crippen LogP contribution in [0.1, 0.15) is 105 Å². The van der Waals surface area contributed by atoms with E-state index in [1.165, 1.54) is 64.2 Å². The van der Waals surface area contributed by atoms with Crippen LogP contribution in [-0.4, -0.2) is 34.2 Å². The summed E-state index contributed by atoms with van der Waals surface area (Å²) in [7, 11) is 0. The summed E-state index contributed by atoms with van der Waals surface area (Å²) in [5.41, 5.74) is 1.06. The fourth-order valence-electron chi connectivity index (χ4n) is 10.2. The molecule has 37 heavy (non-hydrogen) atoms. The van der Waals surface area contributed by atoms with Gasteiger partial charge in [-0.25, -0.2) is 0 Å². The molecule has 1 N–H and O–H groups in total. The fraction of sp³-hybridized carbons (Fsp3) is 1.00. The van der Waals surface area contributed by atoms with Crippen molar-refractivity contribution in [2.45, 2.75) is 111 Å². The van der Waals surface area contributed by atoms with Crippen molar-refractivity contribution in [3.05, 3.63) is 0 Å². The molecule has 0 aromatic heterocycles. The average molecular weight is 587 g/mol. The summed E-state index contributed by atoms with van der Waals surface area (Å²) >= 11 is 19.6. The van der Waals surface area contributed by atoms with E-state index in [1.54, 1.807) is 0 Å². The molecule has 0 bridgehead atoms. The Labute approximate surface area is 251 Å². The Kier molecular flexibility index (Phi) is 10.7. The largest absolute Gasteiger partial charge is 0.393 e. The van der Waals surface area contributed by atoms with Gasteiger partial charge in [-0.05, 0) is 164 Å². The fourth-order valence-corrected chi connectivity index (χ4v) is 11.8. The molecule has 0 heterocycles. The van der Waals surface area contributed by atoms with E-state index in [0.29, 0.717) is 22.2 Å². The quantitative estimate of drug-likeness (QED) is 0.189. The van der Waals surface area contributed by atoms with Gasteiger partial charge in [0.25, 0.3) is 0 Å². The van der Waals surface area contributed by atoms with Crippen LogP contribution < -0.4 is 0 Å². The lowest BCUT2D eigenvalue weighted by molar-refractivity contribution is -0.0523. The smallest absolute Gasteiger partial charge is 0.0543 e. The van der Waals surface area contributed by atoms with Gasteiger partial charge < -0.3 is 5.11 Å². The number of aliphatic hydroxyl groups is 1. The van der Waals surface area contributed by atoms with Crippen LogP contribution in [0.2, 0.25) is 0 Å². The van der Waals surface area contributed by atoms with E-state index in [1.807, 2.05) is 0 Å². The molecule has 0 saturated heterocycles. The standard InChI is InChI=1S/C32H58OS4/c1-21-5-6-23(15-30(21,2)18-35)29-12-8-24(16-32(29,4)20-37)28-11-7-22(14-31(28,3)19-36)27-10-9-26(33)13-25(27)17-34/h21-29,33-37H,5-20H2,1-4H3. The van der Waals surface area contributed by atoms with Crippen LogP contribution in [0, 0.1) is 63.6 Å². The van der Waals surface area contributed by atoms with Gasteiger partial charge in [-0.3, -0.25) is 0 Å². The second-order valence-corrected chi connectivity index (χ2v) is 16.6. The maximum absolute atomic E-state index is 10.3. The van der Waals surface area contributed by atoms with Crippen molar-refractivity contribution in [1.82, 2.24) is 0 Å². The molecule has 12 unspecified atom stereocenters. The highest BCUT2D eigenvalue weighted by Gasteiger charge is 2.52. The Morgan fingerprint density at radius 3 is 1.65 bits per heavy atom. The minimum Gasteiger partial charge on any atom is -0.393 e. The number of rotatable bonds is 7. The van der Waals surface area contributed by atoms with E-state index in [0.717, 1.165) is 77.3 Å². The van der Waals surface area contributed by atoms with E-state index in [4.69, 9.17) is 50.5 Å². The third kappa shape index (κ3) is 6.41. The van der Waals surface area contributed by atoms with Crippen LogP contribution >= 0.6 is 50.5 Å². The van der Waals surface area contributed by atoms with Crippen molar-refractivity contribution < 1.29 is 5.11 Å². The summed E-state index contributed by atoms with van der Waals surface area (Å²) in [5, 5.41) is 10.3. The van der Waals surface area contributed by atoms with E-state index in [2.05, 4.69) is 27.7 Å². The molecule has 4 fully saturated rings. The number of thiol groups is 4. The lowest BCUT2D eigenvalue weighted by Crippen LogP contribution is -2.49. The first-order valence-electron chi connectivity index (χ1n) is 15.6. The molecule has 0 radical (unpaired) electrons. The van der Waals surface area contributed by atoms with Crippen LogP contribution in [-0.2, 0) is 0 Å². The summed E-state index contributed by atoms with van der Waals surface area (Å²) in [6.45, 7) is 10.1. The molecule has 4 saturated carbocycles. The topological polar surface area (TPSA) is 20.2 Å². The molecular formula is C32H58OS4. The molecule has 4 rings (SSSR count). The van der Waals surface area contributed by atoms with Crippen molar-refractivity contribution in [1.29, 1.82) is 0 Å². The molecule has 0 aromatic rings. The molecule has 0 aliphatic heterocycles. The zero-order valence-corrected chi connectivity index (χ0v) is 27.8. The van der Waals surface area contributed by atoms with Crippen molar-refractivity contribution in [3.8, 4) is 0 Å². The lowest BCUT2D eigenvalue weighted by atomic mass is 9.50. The van der Waals surface area contributed by atoms with Crippen LogP contribution in [0.4, 0.5) is 0 Å². The molecule has 0 spiro atoms. The molecule has 1 nitrogen and oxygen atoms in total. The van der Waals surface area contributed by atoms with E-state index in [-0.39, 0.29) is 6.10 Å². The van der Waals surface area contributed by atoms with Gasteiger partial charge in [-0.2, -0.15) is 50.5 Å². The summed E-state index contributed by atoms with van der Waals surface area (Å²) in [4.78, 5) is 0. The van der Waals surface area contributed by atoms with Gasteiger partial charge in [-0.1, -0.05) is 27.7 Å². The minimum atomic E-state index is -0.104. The summed E-state index contributed by atoms with van der Waals surface area (Å²) in [6.07, 6.45) is 15.4. The summed E-state index contributed by atoms with van der Waals surface area (Å²) in [5.74, 6) is 10.2. The summed E-state index contributed by atoms with van der Waals surface area (Å²) < 4.78 is 0. The highest BCUT2D eigenvalue weighted by Crippen LogP contribution is 2.60.